The average Bonchev–Trinajstić information content (AvgIpc) is 3.14. The summed E-state index contributed by atoms with van der Waals surface area (Å²) in [5.74, 6) is 0. The van der Waals surface area contributed by atoms with Crippen LogP contribution < -0.4 is 0 Å². The predicted molar refractivity (Wildman–Crippen MR) is 97.8 cm³/mol. The van der Waals surface area contributed by atoms with Gasteiger partial charge in [-0.2, -0.15) is 5.26 Å². The fourth-order valence-corrected chi connectivity index (χ4v) is 4.38. The Kier molecular flexibility index (Phi) is 4.53. The lowest BCUT2D eigenvalue weighted by atomic mass is 10.2. The molecular formula is C17H11BrN2S2. The molecule has 2 aromatic heterocycles. The lowest BCUT2D eigenvalue weighted by Gasteiger charge is -1.99. The van der Waals surface area contributed by atoms with Crippen LogP contribution in [0.25, 0.3) is 22.1 Å². The smallest absolute Gasteiger partial charge is 0.134 e. The number of hydrogen-bond donors (Lipinski definition) is 0. The number of benzene rings is 1. The molecule has 0 radical (unpaired) electrons. The summed E-state index contributed by atoms with van der Waals surface area (Å²) in [7, 11) is 0. The number of thiazole rings is 1. The van der Waals surface area contributed by atoms with Crippen molar-refractivity contribution in [2.45, 2.75) is 6.92 Å². The fourth-order valence-electron chi connectivity index (χ4n) is 2.00. The number of thiophene rings is 1. The van der Waals surface area contributed by atoms with E-state index in [2.05, 4.69) is 39.1 Å². The van der Waals surface area contributed by atoms with Crippen LogP contribution in [0.1, 0.15) is 15.6 Å². The first-order chi connectivity index (χ1) is 10.7. The second-order valence-corrected chi connectivity index (χ2v) is 7.47. The van der Waals surface area contributed by atoms with Crippen molar-refractivity contribution >= 4 is 50.3 Å². The van der Waals surface area contributed by atoms with Gasteiger partial charge < -0.3 is 0 Å². The molecule has 0 fully saturated rings. The van der Waals surface area contributed by atoms with Crippen LogP contribution in [0.5, 0.6) is 0 Å². The van der Waals surface area contributed by atoms with Crippen LogP contribution in [0.15, 0.2) is 46.3 Å². The van der Waals surface area contributed by atoms with E-state index in [-0.39, 0.29) is 0 Å². The van der Waals surface area contributed by atoms with E-state index in [1.165, 1.54) is 16.2 Å². The van der Waals surface area contributed by atoms with Gasteiger partial charge in [-0.1, -0.05) is 34.1 Å². The van der Waals surface area contributed by atoms with E-state index >= 15 is 0 Å². The largest absolute Gasteiger partial charge is 0.241 e. The molecule has 3 rings (SSSR count). The molecule has 0 aliphatic heterocycles. The van der Waals surface area contributed by atoms with Crippen LogP contribution in [0.4, 0.5) is 0 Å². The fraction of sp³-hybridized carbons (Fsp3) is 0.0588. The molecule has 0 unspecified atom stereocenters. The highest BCUT2D eigenvalue weighted by Crippen LogP contribution is 2.34. The summed E-state index contributed by atoms with van der Waals surface area (Å²) in [5.41, 5.74) is 2.72. The number of rotatable bonds is 3. The topological polar surface area (TPSA) is 36.7 Å². The van der Waals surface area contributed by atoms with Crippen molar-refractivity contribution in [3.05, 3.63) is 61.8 Å². The number of hydrogen-bond acceptors (Lipinski definition) is 4. The Morgan fingerprint density at radius 3 is 2.77 bits per heavy atom. The maximum absolute atomic E-state index is 9.36. The molecule has 0 aliphatic rings. The molecule has 5 heteroatoms. The van der Waals surface area contributed by atoms with E-state index in [4.69, 9.17) is 0 Å². The number of nitrogens with zero attached hydrogens (tertiary/aromatic N) is 2. The van der Waals surface area contributed by atoms with Gasteiger partial charge in [-0.15, -0.1) is 22.7 Å². The molecule has 3 aromatic rings. The highest BCUT2D eigenvalue weighted by atomic mass is 79.9. The van der Waals surface area contributed by atoms with Gasteiger partial charge in [-0.3, -0.25) is 0 Å². The summed E-state index contributed by atoms with van der Waals surface area (Å²) >= 11 is 6.74. The monoisotopic (exact) mass is 386 g/mol. The van der Waals surface area contributed by atoms with Gasteiger partial charge in [0.1, 0.15) is 11.1 Å². The first-order valence-corrected chi connectivity index (χ1v) is 9.05. The highest BCUT2D eigenvalue weighted by molar-refractivity contribution is 9.10. The van der Waals surface area contributed by atoms with Crippen molar-refractivity contribution in [2.24, 2.45) is 0 Å². The molecule has 0 aliphatic carbocycles. The Labute approximate surface area is 145 Å². The molecule has 0 N–H and O–H groups in total. The predicted octanol–water partition coefficient (Wildman–Crippen LogP) is 6.01. The Balaban J connectivity index is 1.96. The number of nitriles is 1. The van der Waals surface area contributed by atoms with Crippen LogP contribution in [0.2, 0.25) is 0 Å². The van der Waals surface area contributed by atoms with Crippen LogP contribution in [-0.2, 0) is 0 Å². The van der Waals surface area contributed by atoms with Crippen LogP contribution in [0, 0.1) is 18.3 Å². The molecule has 22 heavy (non-hydrogen) atoms. The third-order valence-electron chi connectivity index (χ3n) is 3.02. The number of allylic oxidation sites excluding steroid dienone is 1. The second kappa shape index (κ2) is 6.57. The normalized spacial score (nSPS) is 11.4. The van der Waals surface area contributed by atoms with Gasteiger partial charge in [0.25, 0.3) is 0 Å². The summed E-state index contributed by atoms with van der Waals surface area (Å²) in [5, 5.41) is 12.1. The molecule has 0 atom stereocenters. The first-order valence-electron chi connectivity index (χ1n) is 6.56. The molecule has 108 valence electrons. The van der Waals surface area contributed by atoms with E-state index in [9.17, 15) is 5.26 Å². The Morgan fingerprint density at radius 1 is 1.27 bits per heavy atom. The van der Waals surface area contributed by atoms with Crippen molar-refractivity contribution in [1.29, 1.82) is 5.26 Å². The standard InChI is InChI=1S/C17H11BrN2S2/c1-11-10-21-17(20-11)12(9-19)8-13-6-7-16(22-13)14-4-2-3-5-15(14)18/h2-8,10H,1H3/b12-8+. The number of aromatic nitrogens is 1. The van der Waals surface area contributed by atoms with Crippen LogP contribution >= 0.6 is 38.6 Å². The van der Waals surface area contributed by atoms with E-state index in [0.29, 0.717) is 5.57 Å². The van der Waals surface area contributed by atoms with Gasteiger partial charge in [-0.05, 0) is 31.2 Å². The van der Waals surface area contributed by atoms with E-state index < -0.39 is 0 Å². The molecule has 1 aromatic carbocycles. The molecule has 0 amide bonds. The molecule has 0 saturated heterocycles. The van der Waals surface area contributed by atoms with E-state index in [0.717, 1.165) is 25.6 Å². The van der Waals surface area contributed by atoms with Crippen molar-refractivity contribution in [3.63, 3.8) is 0 Å². The van der Waals surface area contributed by atoms with E-state index in [1.807, 2.05) is 42.6 Å². The number of aryl methyl sites for hydroxylation is 1. The molecule has 0 bridgehead atoms. The Bertz CT molecular complexity index is 884. The molecular weight excluding hydrogens is 376 g/mol. The highest BCUT2D eigenvalue weighted by Gasteiger charge is 2.08. The summed E-state index contributed by atoms with van der Waals surface area (Å²) in [4.78, 5) is 6.61. The van der Waals surface area contributed by atoms with Gasteiger partial charge in [0.05, 0.1) is 5.57 Å². The maximum Gasteiger partial charge on any atom is 0.134 e. The molecule has 0 spiro atoms. The summed E-state index contributed by atoms with van der Waals surface area (Å²) < 4.78 is 1.07. The maximum atomic E-state index is 9.36. The minimum atomic E-state index is 0.610. The van der Waals surface area contributed by atoms with Gasteiger partial charge in [0.15, 0.2) is 0 Å². The minimum absolute atomic E-state index is 0.610. The van der Waals surface area contributed by atoms with E-state index in [1.54, 1.807) is 11.3 Å². The Morgan fingerprint density at radius 2 is 2.09 bits per heavy atom. The van der Waals surface area contributed by atoms with Gasteiger partial charge >= 0.3 is 0 Å². The summed E-state index contributed by atoms with van der Waals surface area (Å²) in [6, 6.07) is 14.5. The van der Waals surface area contributed by atoms with Gasteiger partial charge in [-0.25, -0.2) is 4.98 Å². The lowest BCUT2D eigenvalue weighted by Crippen LogP contribution is -1.79. The van der Waals surface area contributed by atoms with Crippen molar-refractivity contribution in [2.75, 3.05) is 0 Å². The van der Waals surface area contributed by atoms with Gasteiger partial charge in [0.2, 0.25) is 0 Å². The molecule has 2 heterocycles. The SMILES string of the molecule is Cc1csc(/C(C#N)=C/c2ccc(-c3ccccc3Br)s2)n1. The second-order valence-electron chi connectivity index (χ2n) is 4.65. The van der Waals surface area contributed by atoms with Crippen LogP contribution in [0.3, 0.4) is 0 Å². The van der Waals surface area contributed by atoms with Crippen molar-refractivity contribution in [3.8, 4) is 16.5 Å². The van der Waals surface area contributed by atoms with Crippen molar-refractivity contribution in [1.82, 2.24) is 4.98 Å². The third kappa shape index (κ3) is 3.20. The zero-order chi connectivity index (χ0) is 15.5. The molecule has 0 saturated carbocycles. The summed E-state index contributed by atoms with van der Waals surface area (Å²) in [6.07, 6.45) is 1.91. The van der Waals surface area contributed by atoms with Crippen molar-refractivity contribution < 1.29 is 0 Å². The first kappa shape index (κ1) is 15.2. The zero-order valence-corrected chi connectivity index (χ0v) is 14.9. The zero-order valence-electron chi connectivity index (χ0n) is 11.7. The molecule has 2 nitrogen and oxygen atoms in total. The summed E-state index contributed by atoms with van der Waals surface area (Å²) in [6.45, 7) is 1.94. The third-order valence-corrected chi connectivity index (χ3v) is 5.77. The van der Waals surface area contributed by atoms with Crippen LogP contribution in [-0.4, -0.2) is 4.98 Å². The number of halogens is 1. The average molecular weight is 387 g/mol. The van der Waals surface area contributed by atoms with Gasteiger partial charge in [0, 0.05) is 30.9 Å². The Hall–Kier alpha value is -1.74. The minimum Gasteiger partial charge on any atom is -0.241 e. The quantitative estimate of drug-likeness (QED) is 0.517. The lowest BCUT2D eigenvalue weighted by molar-refractivity contribution is 1.25.